The fraction of sp³-hybridized carbons (Fsp3) is 0.739. The SMILES string of the molecule is CCCCCc1cn(CCOCCOCCC(=O)NC(C)C(=O)NC(C)C(=O)NCCNC(N)=O)nn1. The molecular formula is C23H42N8O6. The molecule has 0 saturated carbocycles. The molecule has 14 nitrogen and oxygen atoms in total. The van der Waals surface area contributed by atoms with Gasteiger partial charge in [0, 0.05) is 25.7 Å². The highest BCUT2D eigenvalue weighted by Gasteiger charge is 2.20. The number of nitrogens with zero attached hydrogens (tertiary/aromatic N) is 3. The minimum absolute atomic E-state index is 0.0836. The van der Waals surface area contributed by atoms with Crippen LogP contribution in [0.4, 0.5) is 4.79 Å². The molecule has 2 atom stereocenters. The molecule has 14 heteroatoms. The molecule has 2 unspecified atom stereocenters. The smallest absolute Gasteiger partial charge is 0.312 e. The van der Waals surface area contributed by atoms with E-state index in [-0.39, 0.29) is 32.0 Å². The summed E-state index contributed by atoms with van der Waals surface area (Å²) in [5.74, 6) is -1.28. The van der Waals surface area contributed by atoms with E-state index in [1.807, 2.05) is 6.20 Å². The van der Waals surface area contributed by atoms with Gasteiger partial charge in [-0.05, 0) is 26.7 Å². The maximum Gasteiger partial charge on any atom is 0.312 e. The summed E-state index contributed by atoms with van der Waals surface area (Å²) in [7, 11) is 0. The van der Waals surface area contributed by atoms with Crippen LogP contribution < -0.4 is 27.0 Å². The summed E-state index contributed by atoms with van der Waals surface area (Å²) in [6.45, 7) is 7.54. The zero-order valence-corrected chi connectivity index (χ0v) is 22.1. The molecule has 0 aliphatic rings. The minimum atomic E-state index is -0.827. The van der Waals surface area contributed by atoms with Crippen molar-refractivity contribution in [2.24, 2.45) is 5.73 Å². The Bertz CT molecular complexity index is 834. The number of urea groups is 1. The van der Waals surface area contributed by atoms with Crippen molar-refractivity contribution in [2.45, 2.75) is 71.5 Å². The summed E-state index contributed by atoms with van der Waals surface area (Å²) in [4.78, 5) is 46.8. The number of aromatic nitrogens is 3. The number of amides is 5. The molecule has 1 aromatic rings. The Labute approximate surface area is 217 Å². The molecule has 0 aliphatic heterocycles. The Morgan fingerprint density at radius 2 is 1.62 bits per heavy atom. The summed E-state index contributed by atoms with van der Waals surface area (Å²) in [5, 5.41) is 18.2. The van der Waals surface area contributed by atoms with E-state index in [4.69, 9.17) is 15.2 Å². The average molecular weight is 527 g/mol. The molecule has 1 aromatic heterocycles. The lowest BCUT2D eigenvalue weighted by Crippen LogP contribution is -2.52. The van der Waals surface area contributed by atoms with E-state index in [1.165, 1.54) is 26.7 Å². The number of nitrogens with one attached hydrogen (secondary N) is 4. The number of hydrogen-bond acceptors (Lipinski definition) is 8. The van der Waals surface area contributed by atoms with Gasteiger partial charge in [-0.15, -0.1) is 5.10 Å². The van der Waals surface area contributed by atoms with Gasteiger partial charge in [0.2, 0.25) is 17.7 Å². The number of carbonyl (C=O) groups is 4. The van der Waals surface area contributed by atoms with Gasteiger partial charge in [-0.1, -0.05) is 25.0 Å². The van der Waals surface area contributed by atoms with Crippen LogP contribution in [0.15, 0.2) is 6.20 Å². The fourth-order valence-electron chi connectivity index (χ4n) is 3.07. The highest BCUT2D eigenvalue weighted by Crippen LogP contribution is 2.02. The van der Waals surface area contributed by atoms with Crippen LogP contribution in [0, 0.1) is 0 Å². The first-order chi connectivity index (χ1) is 17.7. The Morgan fingerprint density at radius 1 is 0.946 bits per heavy atom. The summed E-state index contributed by atoms with van der Waals surface area (Å²) in [5.41, 5.74) is 5.93. The molecule has 210 valence electrons. The minimum Gasteiger partial charge on any atom is -0.379 e. The molecule has 1 rings (SSSR count). The number of primary amides is 1. The monoisotopic (exact) mass is 526 g/mol. The number of carbonyl (C=O) groups excluding carboxylic acids is 4. The topological polar surface area (TPSA) is 192 Å². The molecule has 0 aromatic carbocycles. The van der Waals surface area contributed by atoms with Crippen LogP contribution in [0.1, 0.15) is 52.1 Å². The Hall–Kier alpha value is -3.26. The van der Waals surface area contributed by atoms with Crippen molar-refractivity contribution < 1.29 is 28.7 Å². The van der Waals surface area contributed by atoms with E-state index >= 15 is 0 Å². The molecule has 6 N–H and O–H groups in total. The van der Waals surface area contributed by atoms with Crippen molar-refractivity contribution >= 4 is 23.8 Å². The third kappa shape index (κ3) is 15.5. The van der Waals surface area contributed by atoms with Crippen molar-refractivity contribution in [3.05, 3.63) is 11.9 Å². The van der Waals surface area contributed by atoms with Gasteiger partial charge in [0.15, 0.2) is 0 Å². The molecule has 1 heterocycles. The number of ether oxygens (including phenoxy) is 2. The highest BCUT2D eigenvalue weighted by atomic mass is 16.5. The highest BCUT2D eigenvalue weighted by molar-refractivity contribution is 5.91. The van der Waals surface area contributed by atoms with E-state index in [0.717, 1.165) is 18.5 Å². The lowest BCUT2D eigenvalue weighted by molar-refractivity contribution is -0.131. The van der Waals surface area contributed by atoms with Crippen LogP contribution in [0.2, 0.25) is 0 Å². The van der Waals surface area contributed by atoms with Crippen LogP contribution in [-0.4, -0.2) is 90.3 Å². The van der Waals surface area contributed by atoms with Gasteiger partial charge >= 0.3 is 6.03 Å². The van der Waals surface area contributed by atoms with E-state index < -0.39 is 29.9 Å². The summed E-state index contributed by atoms with van der Waals surface area (Å²) in [6.07, 6.45) is 6.44. The molecule has 0 saturated heterocycles. The van der Waals surface area contributed by atoms with Gasteiger partial charge in [-0.2, -0.15) is 0 Å². The first kappa shape index (κ1) is 31.8. The van der Waals surface area contributed by atoms with Gasteiger partial charge in [0.25, 0.3) is 0 Å². The Kier molecular flexibility index (Phi) is 16.3. The molecule has 5 amide bonds. The van der Waals surface area contributed by atoms with E-state index in [1.54, 1.807) is 4.68 Å². The Balaban J connectivity index is 2.07. The van der Waals surface area contributed by atoms with Crippen LogP contribution in [0.5, 0.6) is 0 Å². The Morgan fingerprint density at radius 3 is 2.32 bits per heavy atom. The second-order valence-corrected chi connectivity index (χ2v) is 8.51. The van der Waals surface area contributed by atoms with E-state index in [0.29, 0.717) is 26.4 Å². The van der Waals surface area contributed by atoms with Crippen LogP contribution in [0.25, 0.3) is 0 Å². The van der Waals surface area contributed by atoms with Crippen LogP contribution in [0.3, 0.4) is 0 Å². The molecule has 0 fully saturated rings. The molecule has 0 spiro atoms. The quantitative estimate of drug-likeness (QED) is 0.137. The first-order valence-corrected chi connectivity index (χ1v) is 12.7. The largest absolute Gasteiger partial charge is 0.379 e. The van der Waals surface area contributed by atoms with Gasteiger partial charge in [0.05, 0.1) is 38.7 Å². The van der Waals surface area contributed by atoms with Gasteiger partial charge < -0.3 is 36.5 Å². The van der Waals surface area contributed by atoms with Crippen LogP contribution in [-0.2, 0) is 36.8 Å². The number of rotatable bonds is 20. The van der Waals surface area contributed by atoms with Crippen LogP contribution >= 0.6 is 0 Å². The molecule has 37 heavy (non-hydrogen) atoms. The second-order valence-electron chi connectivity index (χ2n) is 8.51. The van der Waals surface area contributed by atoms with Crippen molar-refractivity contribution in [1.29, 1.82) is 0 Å². The van der Waals surface area contributed by atoms with Crippen molar-refractivity contribution in [2.75, 3.05) is 39.5 Å². The standard InChI is InChI=1S/C23H42N8O6/c1-4-5-6-7-19-16-31(30-29-19)11-13-37-15-14-36-12-8-20(32)27-18(3)22(34)28-17(2)21(33)25-9-10-26-23(24)35/h16-18H,4-15H2,1-3H3,(H,25,33)(H,27,32)(H,28,34)(H3,24,26,35). The maximum atomic E-state index is 12.2. The van der Waals surface area contributed by atoms with Crippen molar-refractivity contribution in [1.82, 2.24) is 36.3 Å². The van der Waals surface area contributed by atoms with Crippen molar-refractivity contribution in [3.8, 4) is 0 Å². The first-order valence-electron chi connectivity index (χ1n) is 12.7. The van der Waals surface area contributed by atoms with E-state index in [2.05, 4.69) is 38.5 Å². The second kappa shape index (κ2) is 18.9. The number of unbranched alkanes of at least 4 members (excludes halogenated alkanes) is 2. The van der Waals surface area contributed by atoms with E-state index in [9.17, 15) is 19.2 Å². The number of hydrogen-bond donors (Lipinski definition) is 5. The molecule has 0 bridgehead atoms. The lowest BCUT2D eigenvalue weighted by Gasteiger charge is -2.18. The number of nitrogens with two attached hydrogens (primary N) is 1. The van der Waals surface area contributed by atoms with Gasteiger partial charge in [-0.25, -0.2) is 9.48 Å². The molecule has 0 aliphatic carbocycles. The summed E-state index contributed by atoms with van der Waals surface area (Å²) < 4.78 is 12.7. The fourth-order valence-corrected chi connectivity index (χ4v) is 3.07. The molecular weight excluding hydrogens is 484 g/mol. The third-order valence-electron chi connectivity index (χ3n) is 5.18. The van der Waals surface area contributed by atoms with Gasteiger partial charge in [0.1, 0.15) is 12.1 Å². The average Bonchev–Trinajstić information content (AvgIpc) is 3.30. The number of aryl methyl sites for hydroxylation is 1. The van der Waals surface area contributed by atoms with Crippen molar-refractivity contribution in [3.63, 3.8) is 0 Å². The summed E-state index contributed by atoms with van der Waals surface area (Å²) >= 11 is 0. The predicted molar refractivity (Wildman–Crippen MR) is 135 cm³/mol. The summed E-state index contributed by atoms with van der Waals surface area (Å²) in [6, 6.07) is -2.34. The molecule has 0 radical (unpaired) electrons. The zero-order chi connectivity index (χ0) is 27.5. The normalized spacial score (nSPS) is 12.4. The zero-order valence-electron chi connectivity index (χ0n) is 22.1. The lowest BCUT2D eigenvalue weighted by atomic mass is 10.2. The maximum absolute atomic E-state index is 12.2. The van der Waals surface area contributed by atoms with Gasteiger partial charge in [-0.3, -0.25) is 14.4 Å². The third-order valence-corrected chi connectivity index (χ3v) is 5.18. The predicted octanol–water partition coefficient (Wildman–Crippen LogP) is -0.772.